The van der Waals surface area contributed by atoms with Crippen LogP contribution in [0.2, 0.25) is 0 Å². The van der Waals surface area contributed by atoms with Crippen molar-refractivity contribution in [3.05, 3.63) is 47.4 Å². The van der Waals surface area contributed by atoms with E-state index in [0.29, 0.717) is 17.4 Å². The molecule has 20 heavy (non-hydrogen) atoms. The number of hydrogen-bond donors (Lipinski definition) is 1. The highest BCUT2D eigenvalue weighted by atomic mass is 16.4. The van der Waals surface area contributed by atoms with Crippen molar-refractivity contribution in [3.63, 3.8) is 0 Å². The van der Waals surface area contributed by atoms with E-state index < -0.39 is 5.97 Å². The molecule has 104 valence electrons. The van der Waals surface area contributed by atoms with Crippen LogP contribution in [0, 0.1) is 12.8 Å². The van der Waals surface area contributed by atoms with Gasteiger partial charge in [-0.05, 0) is 24.8 Å². The van der Waals surface area contributed by atoms with Gasteiger partial charge in [-0.15, -0.1) is 0 Å². The summed E-state index contributed by atoms with van der Waals surface area (Å²) in [6.45, 7) is 6.09. The molecule has 0 spiro atoms. The molecule has 0 bridgehead atoms. The lowest BCUT2D eigenvalue weighted by Crippen LogP contribution is -2.04. The number of aromatic carboxylic acids is 1. The van der Waals surface area contributed by atoms with Crippen molar-refractivity contribution >= 4 is 5.97 Å². The summed E-state index contributed by atoms with van der Waals surface area (Å²) in [6.07, 6.45) is 2.37. The molecule has 0 radical (unpaired) electrons. The van der Waals surface area contributed by atoms with Gasteiger partial charge < -0.3 is 5.11 Å². The van der Waals surface area contributed by atoms with Crippen molar-refractivity contribution < 1.29 is 9.90 Å². The van der Waals surface area contributed by atoms with E-state index in [1.54, 1.807) is 6.92 Å². The molecule has 1 aromatic carbocycles. The zero-order valence-corrected chi connectivity index (χ0v) is 11.9. The third kappa shape index (κ3) is 3.20. The van der Waals surface area contributed by atoms with Crippen LogP contribution in [0.1, 0.15) is 35.6 Å². The van der Waals surface area contributed by atoms with Gasteiger partial charge in [-0.25, -0.2) is 14.8 Å². The Balaban J connectivity index is 2.41. The maximum atomic E-state index is 11.2. The molecular weight excluding hydrogens is 252 g/mol. The molecule has 0 aliphatic heterocycles. The van der Waals surface area contributed by atoms with Crippen LogP contribution in [-0.2, 0) is 6.42 Å². The van der Waals surface area contributed by atoms with E-state index in [0.717, 1.165) is 12.0 Å². The Morgan fingerprint density at radius 2 is 1.90 bits per heavy atom. The third-order valence-electron chi connectivity index (χ3n) is 3.01. The average molecular weight is 270 g/mol. The summed E-state index contributed by atoms with van der Waals surface area (Å²) in [5.74, 6) is 0.152. The zero-order valence-electron chi connectivity index (χ0n) is 11.9. The van der Waals surface area contributed by atoms with Gasteiger partial charge in [0.25, 0.3) is 0 Å². The molecule has 4 heteroatoms. The van der Waals surface area contributed by atoms with Crippen LogP contribution in [0.25, 0.3) is 11.3 Å². The first kappa shape index (κ1) is 14.2. The number of rotatable bonds is 4. The predicted molar refractivity (Wildman–Crippen MR) is 77.7 cm³/mol. The number of aromatic nitrogens is 2. The standard InChI is InChI=1S/C16H18N2O2/c1-10(2)8-12-4-6-13(7-5-12)15-14(16(19)20)9-17-11(3)18-15/h4-7,9-10H,8H2,1-3H3,(H,19,20). The second-order valence-electron chi connectivity index (χ2n) is 5.28. The van der Waals surface area contributed by atoms with Crippen LogP contribution >= 0.6 is 0 Å². The molecule has 1 N–H and O–H groups in total. The van der Waals surface area contributed by atoms with Gasteiger partial charge in [-0.2, -0.15) is 0 Å². The minimum Gasteiger partial charge on any atom is -0.478 e. The number of nitrogens with zero attached hydrogens (tertiary/aromatic N) is 2. The van der Waals surface area contributed by atoms with Gasteiger partial charge in [-0.3, -0.25) is 0 Å². The normalized spacial score (nSPS) is 10.8. The van der Waals surface area contributed by atoms with Crippen LogP contribution in [0.15, 0.2) is 30.5 Å². The molecular formula is C16H18N2O2. The van der Waals surface area contributed by atoms with Crippen LogP contribution in [0.5, 0.6) is 0 Å². The lowest BCUT2D eigenvalue weighted by Gasteiger charge is -2.08. The van der Waals surface area contributed by atoms with Crippen LogP contribution < -0.4 is 0 Å². The monoisotopic (exact) mass is 270 g/mol. The Hall–Kier alpha value is -2.23. The maximum absolute atomic E-state index is 11.2. The SMILES string of the molecule is Cc1ncc(C(=O)O)c(-c2ccc(CC(C)C)cc2)n1. The van der Waals surface area contributed by atoms with E-state index in [-0.39, 0.29) is 5.56 Å². The van der Waals surface area contributed by atoms with Crippen molar-refractivity contribution in [1.82, 2.24) is 9.97 Å². The highest BCUT2D eigenvalue weighted by Gasteiger charge is 2.14. The molecule has 0 saturated carbocycles. The molecule has 2 rings (SSSR count). The van der Waals surface area contributed by atoms with Gasteiger partial charge in [0.05, 0.1) is 5.69 Å². The van der Waals surface area contributed by atoms with Gasteiger partial charge in [0.2, 0.25) is 0 Å². The molecule has 2 aromatic rings. The van der Waals surface area contributed by atoms with Gasteiger partial charge in [0.1, 0.15) is 11.4 Å². The number of benzene rings is 1. The minimum absolute atomic E-state index is 0.132. The molecule has 1 aromatic heterocycles. The summed E-state index contributed by atoms with van der Waals surface area (Å²) in [5, 5.41) is 9.21. The predicted octanol–water partition coefficient (Wildman–Crippen LogP) is 3.35. The quantitative estimate of drug-likeness (QED) is 0.925. The van der Waals surface area contributed by atoms with Gasteiger partial charge in [0.15, 0.2) is 0 Å². The molecule has 0 aliphatic rings. The Bertz CT molecular complexity index is 619. The van der Waals surface area contributed by atoms with E-state index in [9.17, 15) is 9.90 Å². The number of carbonyl (C=O) groups is 1. The lowest BCUT2D eigenvalue weighted by molar-refractivity contribution is 0.0697. The largest absolute Gasteiger partial charge is 0.478 e. The highest BCUT2D eigenvalue weighted by molar-refractivity contribution is 5.94. The fourth-order valence-electron chi connectivity index (χ4n) is 2.12. The summed E-state index contributed by atoms with van der Waals surface area (Å²) in [4.78, 5) is 19.5. The number of hydrogen-bond acceptors (Lipinski definition) is 3. The average Bonchev–Trinajstić information content (AvgIpc) is 2.38. The summed E-state index contributed by atoms with van der Waals surface area (Å²) in [7, 11) is 0. The fraction of sp³-hybridized carbons (Fsp3) is 0.312. The third-order valence-corrected chi connectivity index (χ3v) is 3.01. The molecule has 0 fully saturated rings. The molecule has 4 nitrogen and oxygen atoms in total. The molecule has 0 amide bonds. The molecule has 0 unspecified atom stereocenters. The number of aryl methyl sites for hydroxylation is 1. The van der Waals surface area contributed by atoms with Crippen LogP contribution in [0.3, 0.4) is 0 Å². The first-order valence-electron chi connectivity index (χ1n) is 6.63. The number of carboxylic acids is 1. The summed E-state index contributed by atoms with van der Waals surface area (Å²) >= 11 is 0. The molecule has 0 aliphatic carbocycles. The van der Waals surface area contributed by atoms with Crippen molar-refractivity contribution in [2.24, 2.45) is 5.92 Å². The Kier molecular flexibility index (Phi) is 4.13. The van der Waals surface area contributed by atoms with E-state index >= 15 is 0 Å². The van der Waals surface area contributed by atoms with Crippen molar-refractivity contribution in [3.8, 4) is 11.3 Å². The first-order chi connectivity index (χ1) is 9.47. The summed E-state index contributed by atoms with van der Waals surface area (Å²) < 4.78 is 0. The first-order valence-corrected chi connectivity index (χ1v) is 6.63. The second kappa shape index (κ2) is 5.82. The summed E-state index contributed by atoms with van der Waals surface area (Å²) in [5.41, 5.74) is 2.65. The van der Waals surface area contributed by atoms with E-state index in [1.165, 1.54) is 11.8 Å². The van der Waals surface area contributed by atoms with E-state index in [2.05, 4.69) is 23.8 Å². The van der Waals surface area contributed by atoms with Gasteiger partial charge >= 0.3 is 5.97 Å². The Labute approximate surface area is 118 Å². The molecule has 0 atom stereocenters. The van der Waals surface area contributed by atoms with Crippen molar-refractivity contribution in [1.29, 1.82) is 0 Å². The lowest BCUT2D eigenvalue weighted by atomic mass is 10.00. The Morgan fingerprint density at radius 1 is 1.25 bits per heavy atom. The smallest absolute Gasteiger partial charge is 0.339 e. The van der Waals surface area contributed by atoms with Crippen LogP contribution in [0.4, 0.5) is 0 Å². The fourth-order valence-corrected chi connectivity index (χ4v) is 2.12. The maximum Gasteiger partial charge on any atom is 0.339 e. The van der Waals surface area contributed by atoms with E-state index in [1.807, 2.05) is 24.3 Å². The highest BCUT2D eigenvalue weighted by Crippen LogP contribution is 2.22. The van der Waals surface area contributed by atoms with Gasteiger partial charge in [-0.1, -0.05) is 38.1 Å². The van der Waals surface area contributed by atoms with Gasteiger partial charge in [0, 0.05) is 11.8 Å². The van der Waals surface area contributed by atoms with Crippen molar-refractivity contribution in [2.75, 3.05) is 0 Å². The molecule has 1 heterocycles. The Morgan fingerprint density at radius 3 is 2.45 bits per heavy atom. The summed E-state index contributed by atoms with van der Waals surface area (Å²) in [6, 6.07) is 7.90. The zero-order chi connectivity index (χ0) is 14.7. The van der Waals surface area contributed by atoms with Crippen molar-refractivity contribution in [2.45, 2.75) is 27.2 Å². The van der Waals surface area contributed by atoms with Crippen LogP contribution in [-0.4, -0.2) is 21.0 Å². The van der Waals surface area contributed by atoms with E-state index in [4.69, 9.17) is 0 Å². The topological polar surface area (TPSA) is 63.1 Å². The minimum atomic E-state index is -1.01. The molecule has 0 saturated heterocycles. The second-order valence-corrected chi connectivity index (χ2v) is 5.28. The number of carboxylic acid groups (broad SMARTS) is 1.